The lowest BCUT2D eigenvalue weighted by atomic mass is 10.1. The van der Waals surface area contributed by atoms with Gasteiger partial charge >= 0.3 is 0 Å². The van der Waals surface area contributed by atoms with Crippen LogP contribution in [0.2, 0.25) is 0 Å². The first-order chi connectivity index (χ1) is 15.8. The number of carbonyl (C=O) groups excluding carboxylic acids is 1. The van der Waals surface area contributed by atoms with Crippen molar-refractivity contribution >= 4 is 24.4 Å². The molecule has 0 amide bonds. The maximum Gasteiger partial charge on any atom is 0.246 e. The standard InChI is InChI=1S/C26H27NO4S2/c1-20(2)26(19-18-25(28)22-10-6-4-7-11-22)31-27-32(23-12-8-5-9-13-23)33(29,30)24-16-14-21(3)15-17-24/h4-20,26H,1-3H3/b19-18+. The van der Waals surface area contributed by atoms with Crippen molar-refractivity contribution in [3.63, 3.8) is 0 Å². The Hall–Kier alpha value is -2.87. The van der Waals surface area contributed by atoms with Crippen LogP contribution in [-0.2, 0) is 23.4 Å². The first kappa shape index (κ1) is 24.8. The van der Waals surface area contributed by atoms with E-state index in [2.05, 4.69) is 4.53 Å². The summed E-state index contributed by atoms with van der Waals surface area (Å²) < 4.78 is 31.1. The van der Waals surface area contributed by atoms with Gasteiger partial charge < -0.3 is 0 Å². The number of allylic oxidation sites excluding steroid dienone is 1. The Morgan fingerprint density at radius 3 is 2.06 bits per heavy atom. The van der Waals surface area contributed by atoms with Gasteiger partial charge in [0.1, 0.15) is 6.10 Å². The van der Waals surface area contributed by atoms with Crippen LogP contribution in [0.4, 0.5) is 0 Å². The highest BCUT2D eigenvalue weighted by molar-refractivity contribution is 8.65. The molecular formula is C26H27NO4S2. The number of hydrogen-bond donors (Lipinski definition) is 0. The molecule has 0 saturated heterocycles. The summed E-state index contributed by atoms with van der Waals surface area (Å²) in [6.45, 7) is 5.75. The van der Waals surface area contributed by atoms with Gasteiger partial charge in [0.05, 0.1) is 14.6 Å². The van der Waals surface area contributed by atoms with E-state index in [1.165, 1.54) is 6.08 Å². The molecule has 0 aliphatic heterocycles. The molecule has 2 atom stereocenters. The Balaban J connectivity index is 1.93. The maximum absolute atomic E-state index is 13.4. The van der Waals surface area contributed by atoms with Crippen molar-refractivity contribution in [1.29, 1.82) is 0 Å². The van der Waals surface area contributed by atoms with E-state index in [0.717, 1.165) is 5.56 Å². The van der Waals surface area contributed by atoms with Gasteiger partial charge in [-0.25, -0.2) is 13.3 Å². The summed E-state index contributed by atoms with van der Waals surface area (Å²) in [6, 6.07) is 24.4. The van der Waals surface area contributed by atoms with Gasteiger partial charge in [0.2, 0.25) is 8.87 Å². The lowest BCUT2D eigenvalue weighted by molar-refractivity contribution is 0.0653. The lowest BCUT2D eigenvalue weighted by Gasteiger charge is -2.16. The highest BCUT2D eigenvalue weighted by Crippen LogP contribution is 2.24. The van der Waals surface area contributed by atoms with E-state index in [4.69, 9.17) is 4.84 Å². The van der Waals surface area contributed by atoms with E-state index >= 15 is 0 Å². The molecule has 0 bridgehead atoms. The summed E-state index contributed by atoms with van der Waals surface area (Å²) >= 11 is 0. The van der Waals surface area contributed by atoms with Crippen LogP contribution in [-0.4, -0.2) is 20.3 Å². The largest absolute Gasteiger partial charge is 0.289 e. The number of ketones is 1. The van der Waals surface area contributed by atoms with Crippen molar-refractivity contribution in [2.24, 2.45) is 10.4 Å². The maximum atomic E-state index is 13.4. The third kappa shape index (κ3) is 6.57. The Kier molecular flexibility index (Phi) is 8.49. The molecule has 0 radical (unpaired) electrons. The van der Waals surface area contributed by atoms with Crippen LogP contribution < -0.4 is 0 Å². The van der Waals surface area contributed by atoms with E-state index in [1.807, 2.05) is 32.9 Å². The van der Waals surface area contributed by atoms with Gasteiger partial charge in [0, 0.05) is 10.5 Å². The molecular weight excluding hydrogens is 454 g/mol. The van der Waals surface area contributed by atoms with Crippen molar-refractivity contribution in [2.75, 3.05) is 0 Å². The summed E-state index contributed by atoms with van der Waals surface area (Å²) in [5.41, 5.74) is 1.54. The third-order valence-corrected chi connectivity index (χ3v) is 9.59. The van der Waals surface area contributed by atoms with Gasteiger partial charge in [-0.3, -0.25) is 4.79 Å². The van der Waals surface area contributed by atoms with Gasteiger partial charge in [0.15, 0.2) is 5.78 Å². The fourth-order valence-electron chi connectivity index (χ4n) is 2.89. The summed E-state index contributed by atoms with van der Waals surface area (Å²) in [6.07, 6.45) is 2.52. The zero-order valence-electron chi connectivity index (χ0n) is 18.8. The minimum atomic E-state index is -3.82. The Labute approximate surface area is 197 Å². The van der Waals surface area contributed by atoms with Crippen molar-refractivity contribution in [1.82, 2.24) is 0 Å². The molecule has 5 nitrogen and oxygen atoms in total. The smallest absolute Gasteiger partial charge is 0.246 e. The summed E-state index contributed by atoms with van der Waals surface area (Å²) in [5, 5.41) is 0. The summed E-state index contributed by atoms with van der Waals surface area (Å²) in [4.78, 5) is 18.9. The molecule has 0 fully saturated rings. The fraction of sp³-hybridized carbons (Fsp3) is 0.192. The van der Waals surface area contributed by atoms with Crippen LogP contribution in [0.25, 0.3) is 0 Å². The number of rotatable bonds is 9. The SMILES string of the molecule is Cc1ccc(S(=O)(=O)/S(=N/OC(/C=C/C(=O)c2ccccc2)C(C)C)c2ccccc2)cc1. The second-order valence-corrected chi connectivity index (χ2v) is 12.6. The summed E-state index contributed by atoms with van der Waals surface area (Å²) in [5.74, 6) is -0.184. The molecule has 0 N–H and O–H groups in total. The number of benzene rings is 3. The highest BCUT2D eigenvalue weighted by atomic mass is 33.2. The van der Waals surface area contributed by atoms with Crippen molar-refractivity contribution in [2.45, 2.75) is 36.7 Å². The number of nitrogens with zero attached hydrogens (tertiary/aromatic N) is 1. The highest BCUT2D eigenvalue weighted by Gasteiger charge is 2.24. The molecule has 7 heteroatoms. The second-order valence-electron chi connectivity index (χ2n) is 7.81. The zero-order valence-corrected chi connectivity index (χ0v) is 20.4. The Morgan fingerprint density at radius 1 is 0.909 bits per heavy atom. The van der Waals surface area contributed by atoms with Gasteiger partial charge in [-0.15, -0.1) is 0 Å². The van der Waals surface area contributed by atoms with Crippen LogP contribution >= 0.6 is 0 Å². The molecule has 0 aliphatic rings. The van der Waals surface area contributed by atoms with Gasteiger partial charge in [0.25, 0.3) is 0 Å². The second kappa shape index (κ2) is 11.3. The molecule has 0 saturated carbocycles. The molecule has 172 valence electrons. The normalized spacial score (nSPS) is 13.9. The van der Waals surface area contributed by atoms with Gasteiger partial charge in [-0.05, 0) is 49.3 Å². The average Bonchev–Trinajstić information content (AvgIpc) is 2.82. The van der Waals surface area contributed by atoms with E-state index in [1.54, 1.807) is 78.9 Å². The minimum absolute atomic E-state index is 0.0307. The molecule has 3 rings (SSSR count). The third-order valence-electron chi connectivity index (χ3n) is 4.85. The Morgan fingerprint density at radius 2 is 1.48 bits per heavy atom. The van der Waals surface area contributed by atoms with Crippen molar-refractivity contribution < 1.29 is 18.0 Å². The molecule has 3 aromatic rings. The quantitative estimate of drug-likeness (QED) is 0.164. The van der Waals surface area contributed by atoms with Crippen molar-refractivity contribution in [3.05, 3.63) is 108 Å². The number of aryl methyl sites for hydroxylation is 1. The molecule has 2 unspecified atom stereocenters. The predicted octanol–water partition coefficient (Wildman–Crippen LogP) is 5.94. The Bertz CT molecular complexity index is 1230. The van der Waals surface area contributed by atoms with Crippen LogP contribution in [0, 0.1) is 12.8 Å². The van der Waals surface area contributed by atoms with Crippen LogP contribution in [0.1, 0.15) is 29.8 Å². The molecule has 3 aromatic carbocycles. The molecule has 33 heavy (non-hydrogen) atoms. The fourth-order valence-corrected chi connectivity index (χ4v) is 6.85. The van der Waals surface area contributed by atoms with E-state index < -0.39 is 24.7 Å². The first-order valence-corrected chi connectivity index (χ1v) is 13.7. The van der Waals surface area contributed by atoms with E-state index in [9.17, 15) is 13.2 Å². The average molecular weight is 482 g/mol. The molecule has 0 heterocycles. The number of carbonyl (C=O) groups is 1. The van der Waals surface area contributed by atoms with Crippen LogP contribution in [0.15, 0.2) is 111 Å². The molecule has 0 spiro atoms. The van der Waals surface area contributed by atoms with E-state index in [0.29, 0.717) is 10.5 Å². The monoisotopic (exact) mass is 481 g/mol. The molecule has 0 aliphatic carbocycles. The van der Waals surface area contributed by atoms with Gasteiger partial charge in [-0.1, -0.05) is 84.6 Å². The predicted molar refractivity (Wildman–Crippen MR) is 132 cm³/mol. The topological polar surface area (TPSA) is 72.8 Å². The summed E-state index contributed by atoms with van der Waals surface area (Å²) in [7, 11) is -5.41. The molecule has 0 aromatic heterocycles. The minimum Gasteiger partial charge on any atom is -0.289 e. The zero-order chi connectivity index (χ0) is 23.8. The van der Waals surface area contributed by atoms with Gasteiger partial charge in [-0.2, -0.15) is 0 Å². The number of hydrogen-bond acceptors (Lipinski definition) is 5. The first-order valence-electron chi connectivity index (χ1n) is 10.5. The van der Waals surface area contributed by atoms with Crippen LogP contribution in [0.3, 0.4) is 0 Å². The van der Waals surface area contributed by atoms with Crippen molar-refractivity contribution in [3.8, 4) is 0 Å². The lowest BCUT2D eigenvalue weighted by Crippen LogP contribution is -2.17. The van der Waals surface area contributed by atoms with Crippen LogP contribution in [0.5, 0.6) is 0 Å². The van der Waals surface area contributed by atoms with E-state index in [-0.39, 0.29) is 16.6 Å².